The maximum Gasteiger partial charge on any atom is 0.243 e. The van der Waals surface area contributed by atoms with Gasteiger partial charge >= 0.3 is 0 Å². The Kier molecular flexibility index (Phi) is 4.28. The molecule has 1 fully saturated rings. The van der Waals surface area contributed by atoms with Gasteiger partial charge in [-0.05, 0) is 19.1 Å². The normalized spacial score (nSPS) is 21.1. The number of hydrogen-bond acceptors (Lipinski definition) is 5. The van der Waals surface area contributed by atoms with Crippen molar-refractivity contribution in [3.05, 3.63) is 23.5 Å². The van der Waals surface area contributed by atoms with E-state index in [0.717, 1.165) is 10.4 Å². The average Bonchev–Trinajstić information content (AvgIpc) is 2.44. The lowest BCUT2D eigenvalue weighted by Gasteiger charge is -2.33. The number of anilines is 1. The van der Waals surface area contributed by atoms with Gasteiger partial charge in [0.25, 0.3) is 0 Å². The summed E-state index contributed by atoms with van der Waals surface area (Å²) in [6.45, 7) is 1.58. The molecular formula is C12H17FN2O4S. The molecule has 2 rings (SSSR count). The summed E-state index contributed by atoms with van der Waals surface area (Å²) in [5.74, 6) is -0.669. The molecule has 1 aromatic rings. The highest BCUT2D eigenvalue weighted by Crippen LogP contribution is 2.25. The predicted molar refractivity (Wildman–Crippen MR) is 71.1 cm³/mol. The summed E-state index contributed by atoms with van der Waals surface area (Å²) in [6.07, 6.45) is 0. The Bertz CT molecular complexity index is 582. The van der Waals surface area contributed by atoms with Crippen LogP contribution in [0, 0.1) is 12.7 Å². The minimum absolute atomic E-state index is 0.0809. The Morgan fingerprint density at radius 2 is 2.25 bits per heavy atom. The number of nitrogens with two attached hydrogens (primary N) is 1. The number of hydrogen-bond donors (Lipinski definition) is 2. The van der Waals surface area contributed by atoms with Crippen molar-refractivity contribution in [3.8, 4) is 0 Å². The van der Waals surface area contributed by atoms with Gasteiger partial charge in [-0.3, -0.25) is 0 Å². The fourth-order valence-electron chi connectivity index (χ4n) is 2.06. The van der Waals surface area contributed by atoms with Crippen molar-refractivity contribution in [1.82, 2.24) is 4.31 Å². The van der Waals surface area contributed by atoms with Gasteiger partial charge in [0.2, 0.25) is 10.0 Å². The lowest BCUT2D eigenvalue weighted by Crippen LogP contribution is -2.50. The Morgan fingerprint density at radius 1 is 1.55 bits per heavy atom. The van der Waals surface area contributed by atoms with Crippen LogP contribution in [-0.4, -0.2) is 50.2 Å². The van der Waals surface area contributed by atoms with E-state index in [1.54, 1.807) is 0 Å². The van der Waals surface area contributed by atoms with E-state index in [-0.39, 0.29) is 42.5 Å². The third kappa shape index (κ3) is 2.64. The number of nitrogens with zero attached hydrogens (tertiary/aromatic N) is 1. The van der Waals surface area contributed by atoms with E-state index in [2.05, 4.69) is 0 Å². The maximum absolute atomic E-state index is 13.7. The lowest BCUT2D eigenvalue weighted by atomic mass is 10.2. The lowest BCUT2D eigenvalue weighted by molar-refractivity contribution is 0.0109. The van der Waals surface area contributed by atoms with Crippen molar-refractivity contribution in [2.45, 2.75) is 17.9 Å². The zero-order chi connectivity index (χ0) is 14.9. The minimum Gasteiger partial charge on any atom is -0.398 e. The van der Waals surface area contributed by atoms with Gasteiger partial charge in [-0.15, -0.1) is 0 Å². The molecule has 1 aliphatic heterocycles. The van der Waals surface area contributed by atoms with Crippen molar-refractivity contribution >= 4 is 15.7 Å². The second kappa shape index (κ2) is 5.65. The molecule has 0 amide bonds. The van der Waals surface area contributed by atoms with Gasteiger partial charge < -0.3 is 15.6 Å². The molecule has 6 nitrogen and oxygen atoms in total. The molecular weight excluding hydrogens is 287 g/mol. The highest BCUT2D eigenvalue weighted by Gasteiger charge is 2.34. The molecule has 3 N–H and O–H groups in total. The number of halogens is 1. The van der Waals surface area contributed by atoms with E-state index in [1.165, 1.54) is 13.0 Å². The number of nitrogen functional groups attached to an aromatic ring is 1. The Morgan fingerprint density at radius 3 is 2.85 bits per heavy atom. The zero-order valence-corrected chi connectivity index (χ0v) is 11.9. The summed E-state index contributed by atoms with van der Waals surface area (Å²) in [5.41, 5.74) is 5.91. The third-order valence-electron chi connectivity index (χ3n) is 3.35. The number of aliphatic hydroxyl groups is 1. The molecule has 0 aromatic heterocycles. The highest BCUT2D eigenvalue weighted by molar-refractivity contribution is 7.89. The standard InChI is InChI=1S/C12H17FN2O4S/c1-8-11(13)4-10(5-12(8)14)20(17,18)15-2-3-19-7-9(15)6-16/h4-5,9,16H,2-3,6-7,14H2,1H3. The molecule has 0 aliphatic carbocycles. The van der Waals surface area contributed by atoms with Gasteiger partial charge in [0.05, 0.1) is 30.8 Å². The predicted octanol–water partition coefficient (Wildman–Crippen LogP) is 0.0981. The van der Waals surface area contributed by atoms with Crippen molar-refractivity contribution in [1.29, 1.82) is 0 Å². The van der Waals surface area contributed by atoms with Crippen molar-refractivity contribution < 1.29 is 22.7 Å². The van der Waals surface area contributed by atoms with Gasteiger partial charge in [-0.2, -0.15) is 4.31 Å². The van der Waals surface area contributed by atoms with Gasteiger partial charge in [0.1, 0.15) is 5.82 Å². The molecule has 1 atom stereocenters. The third-order valence-corrected chi connectivity index (χ3v) is 5.28. The fraction of sp³-hybridized carbons (Fsp3) is 0.500. The second-order valence-corrected chi connectivity index (χ2v) is 6.54. The van der Waals surface area contributed by atoms with Crippen LogP contribution in [0.3, 0.4) is 0 Å². The molecule has 1 heterocycles. The molecule has 0 spiro atoms. The summed E-state index contributed by atoms with van der Waals surface area (Å²) in [6, 6.07) is 1.52. The molecule has 8 heteroatoms. The van der Waals surface area contributed by atoms with Gasteiger partial charge in [-0.25, -0.2) is 12.8 Å². The molecule has 1 saturated heterocycles. The van der Waals surface area contributed by atoms with Crippen LogP contribution in [0.1, 0.15) is 5.56 Å². The Labute approximate surface area is 117 Å². The molecule has 1 aromatic carbocycles. The van der Waals surface area contributed by atoms with Crippen LogP contribution in [0.5, 0.6) is 0 Å². The summed E-state index contributed by atoms with van der Waals surface area (Å²) in [7, 11) is -3.91. The van der Waals surface area contributed by atoms with Gasteiger partial charge in [0, 0.05) is 17.8 Å². The first-order valence-corrected chi connectivity index (χ1v) is 7.58. The minimum atomic E-state index is -3.91. The van der Waals surface area contributed by atoms with Crippen LogP contribution in [0.2, 0.25) is 0 Å². The topological polar surface area (TPSA) is 92.9 Å². The molecule has 1 unspecified atom stereocenters. The SMILES string of the molecule is Cc1c(N)cc(S(=O)(=O)N2CCOCC2CO)cc1F. The van der Waals surface area contributed by atoms with E-state index in [0.29, 0.717) is 0 Å². The largest absolute Gasteiger partial charge is 0.398 e. The first kappa shape index (κ1) is 15.2. The van der Waals surface area contributed by atoms with Crippen LogP contribution >= 0.6 is 0 Å². The summed E-state index contributed by atoms with van der Waals surface area (Å²) < 4.78 is 45.0. The van der Waals surface area contributed by atoms with E-state index >= 15 is 0 Å². The van der Waals surface area contributed by atoms with Crippen LogP contribution in [0.25, 0.3) is 0 Å². The van der Waals surface area contributed by atoms with Crippen LogP contribution in [0.15, 0.2) is 17.0 Å². The van der Waals surface area contributed by atoms with Crippen molar-refractivity contribution in [3.63, 3.8) is 0 Å². The fourth-order valence-corrected chi connectivity index (χ4v) is 3.69. The molecule has 1 aliphatic rings. The molecule has 20 heavy (non-hydrogen) atoms. The first-order chi connectivity index (χ1) is 9.37. The molecule has 0 radical (unpaired) electrons. The summed E-state index contributed by atoms with van der Waals surface area (Å²) in [5, 5.41) is 9.24. The monoisotopic (exact) mass is 304 g/mol. The summed E-state index contributed by atoms with van der Waals surface area (Å²) in [4.78, 5) is -0.210. The first-order valence-electron chi connectivity index (χ1n) is 6.14. The second-order valence-electron chi connectivity index (χ2n) is 4.65. The van der Waals surface area contributed by atoms with E-state index < -0.39 is 21.9 Å². The van der Waals surface area contributed by atoms with Crippen molar-refractivity contribution in [2.24, 2.45) is 0 Å². The zero-order valence-electron chi connectivity index (χ0n) is 11.0. The number of aliphatic hydroxyl groups excluding tert-OH is 1. The molecule has 0 saturated carbocycles. The summed E-state index contributed by atoms with van der Waals surface area (Å²) >= 11 is 0. The van der Waals surface area contributed by atoms with Gasteiger partial charge in [-0.1, -0.05) is 0 Å². The smallest absolute Gasteiger partial charge is 0.243 e. The number of rotatable bonds is 3. The number of benzene rings is 1. The number of sulfonamides is 1. The van der Waals surface area contributed by atoms with E-state index in [9.17, 15) is 17.9 Å². The van der Waals surface area contributed by atoms with E-state index in [4.69, 9.17) is 10.5 Å². The Hall–Kier alpha value is -1.22. The van der Waals surface area contributed by atoms with Crippen LogP contribution in [-0.2, 0) is 14.8 Å². The van der Waals surface area contributed by atoms with Crippen LogP contribution < -0.4 is 5.73 Å². The van der Waals surface area contributed by atoms with Crippen LogP contribution in [0.4, 0.5) is 10.1 Å². The molecule has 112 valence electrons. The van der Waals surface area contributed by atoms with Gasteiger partial charge in [0.15, 0.2) is 0 Å². The average molecular weight is 304 g/mol. The molecule has 0 bridgehead atoms. The number of morpholine rings is 1. The maximum atomic E-state index is 13.7. The number of ether oxygens (including phenoxy) is 1. The quantitative estimate of drug-likeness (QED) is 0.773. The Balaban J connectivity index is 2.44. The van der Waals surface area contributed by atoms with E-state index in [1.807, 2.05) is 0 Å². The highest BCUT2D eigenvalue weighted by atomic mass is 32.2. The van der Waals surface area contributed by atoms with Crippen molar-refractivity contribution in [2.75, 3.05) is 32.1 Å².